The van der Waals surface area contributed by atoms with Crippen molar-refractivity contribution in [2.45, 2.75) is 144 Å². The molecular weight excluding hydrogens is 1150 g/mol. The predicted octanol–water partition coefficient (Wildman–Crippen LogP) is 6.16. The Bertz CT molecular complexity index is 2720. The van der Waals surface area contributed by atoms with Crippen molar-refractivity contribution in [1.82, 2.24) is 42.1 Å². The van der Waals surface area contributed by atoms with E-state index in [-0.39, 0.29) is 125 Å². The van der Waals surface area contributed by atoms with Crippen molar-refractivity contribution >= 4 is 35.2 Å². The fourth-order valence-electron chi connectivity index (χ4n) is 8.76. The number of unbranched alkanes of at least 4 members (excludes halogenated alkanes) is 6. The minimum absolute atomic E-state index is 0.0435. The fraction of sp³-hybridized carbons (Fsp3) is 0.636. The maximum atomic E-state index is 14.9. The Labute approximate surface area is 535 Å². The molecule has 506 valence electrons. The highest BCUT2D eigenvalue weighted by Crippen LogP contribution is 2.36. The van der Waals surface area contributed by atoms with Gasteiger partial charge in [0.05, 0.1) is 84.1 Å². The number of carbonyl (C=O) groups is 6. The van der Waals surface area contributed by atoms with Crippen molar-refractivity contribution in [3.8, 4) is 34.5 Å². The van der Waals surface area contributed by atoms with Gasteiger partial charge in [-0.3, -0.25) is 45.0 Å². The van der Waals surface area contributed by atoms with Gasteiger partial charge < -0.3 is 71.8 Å². The van der Waals surface area contributed by atoms with Crippen LogP contribution in [0.2, 0.25) is 0 Å². The van der Waals surface area contributed by atoms with Crippen molar-refractivity contribution < 1.29 is 57.2 Å². The minimum Gasteiger partial charge on any atom is -0.493 e. The summed E-state index contributed by atoms with van der Waals surface area (Å²) in [5, 5.41) is 6.26. The van der Waals surface area contributed by atoms with Crippen LogP contribution in [-0.4, -0.2) is 176 Å². The number of hydrazine groups is 2. The van der Waals surface area contributed by atoms with Crippen LogP contribution in [0.1, 0.15) is 195 Å². The molecular formula is C66H110N12O12. The zero-order valence-electron chi connectivity index (χ0n) is 56.1. The van der Waals surface area contributed by atoms with E-state index in [1.165, 1.54) is 36.4 Å². The van der Waals surface area contributed by atoms with Crippen molar-refractivity contribution in [3.63, 3.8) is 0 Å². The lowest BCUT2D eigenvalue weighted by Crippen LogP contribution is -2.55. The van der Waals surface area contributed by atoms with Gasteiger partial charge in [0, 0.05) is 44.4 Å². The van der Waals surface area contributed by atoms with Gasteiger partial charge in [0.25, 0.3) is 23.6 Å². The molecule has 0 radical (unpaired) electrons. The average Bonchev–Trinajstić information content (AvgIpc) is 0.868. The normalized spacial score (nSPS) is 11.7. The number of carbonyl (C=O) groups excluding carboxylic acids is 6. The number of hydrogen-bond acceptors (Lipinski definition) is 20. The molecule has 24 nitrogen and oxygen atoms in total. The molecule has 0 saturated heterocycles. The minimum atomic E-state index is -1.58. The van der Waals surface area contributed by atoms with Crippen molar-refractivity contribution in [2.75, 3.05) is 120 Å². The molecule has 4 amide bonds. The first kappa shape index (κ1) is 77.6. The highest BCUT2D eigenvalue weighted by molar-refractivity contribution is 6.10. The second-order valence-electron chi connectivity index (χ2n) is 24.9. The van der Waals surface area contributed by atoms with Crippen LogP contribution in [0.3, 0.4) is 0 Å². The van der Waals surface area contributed by atoms with E-state index in [2.05, 4.69) is 32.3 Å². The monoisotopic (exact) mass is 1260 g/mol. The van der Waals surface area contributed by atoms with Gasteiger partial charge in [-0.2, -0.15) is 0 Å². The van der Waals surface area contributed by atoms with E-state index in [0.717, 1.165) is 25.7 Å². The van der Waals surface area contributed by atoms with Gasteiger partial charge in [0.1, 0.15) is 34.5 Å². The highest BCUT2D eigenvalue weighted by atomic mass is 16.5. The number of rotatable bonds is 47. The van der Waals surface area contributed by atoms with E-state index < -0.39 is 40.5 Å². The summed E-state index contributed by atoms with van der Waals surface area (Å²) in [6.07, 6.45) is 8.22. The van der Waals surface area contributed by atoms with E-state index in [1.54, 1.807) is 27.7 Å². The average molecular weight is 1260 g/mol. The Morgan fingerprint density at radius 3 is 1.09 bits per heavy atom. The topological polar surface area (TPSA) is 341 Å². The predicted molar refractivity (Wildman–Crippen MR) is 353 cm³/mol. The van der Waals surface area contributed by atoms with Crippen LogP contribution < -0.4 is 83.7 Å². The first-order valence-electron chi connectivity index (χ1n) is 32.0. The number of ketones is 2. The van der Waals surface area contributed by atoms with Crippen molar-refractivity contribution in [1.29, 1.82) is 0 Å². The third kappa shape index (κ3) is 27.1. The van der Waals surface area contributed by atoms with Gasteiger partial charge in [0.15, 0.2) is 11.6 Å². The number of benzene rings is 3. The molecule has 0 spiro atoms. The molecule has 24 heteroatoms. The zero-order valence-corrected chi connectivity index (χ0v) is 56.1. The SMILES string of the molecule is CC(C)CCOc1cc(OCCC(C)C)c(C(=O)NNC(C)(C)C(=O)c2cc(C(=O)NCCN(C)C)c(OCCCCN)cc2OCCCCN)cc1C(=O)NNC(=O)c1cc(C(=O)C(C)(C)NCCN(C)C)c(OCCCCCN)cc1OCCCCCN. The van der Waals surface area contributed by atoms with Crippen LogP contribution >= 0.6 is 0 Å². The molecule has 0 atom stereocenters. The van der Waals surface area contributed by atoms with E-state index >= 15 is 0 Å². The Balaban J connectivity index is 2.18. The summed E-state index contributed by atoms with van der Waals surface area (Å²) in [6, 6.07) is 8.69. The van der Waals surface area contributed by atoms with E-state index in [0.29, 0.717) is 104 Å². The lowest BCUT2D eigenvalue weighted by molar-refractivity contribution is 0.0816. The first-order chi connectivity index (χ1) is 42.8. The number of Topliss-reactive ketones (excluding diaryl/α,β-unsaturated/α-hetero) is 2. The summed E-state index contributed by atoms with van der Waals surface area (Å²) in [5.41, 5.74) is 31.0. The summed E-state index contributed by atoms with van der Waals surface area (Å²) in [4.78, 5) is 91.4. The third-order valence-electron chi connectivity index (χ3n) is 14.4. The summed E-state index contributed by atoms with van der Waals surface area (Å²) in [6.45, 7) is 20.0. The second kappa shape index (κ2) is 41.0. The van der Waals surface area contributed by atoms with Crippen LogP contribution in [0.15, 0.2) is 36.4 Å². The van der Waals surface area contributed by atoms with Gasteiger partial charge in [-0.05, 0) is 189 Å². The molecule has 0 aromatic heterocycles. The zero-order chi connectivity index (χ0) is 66.8. The van der Waals surface area contributed by atoms with E-state index in [4.69, 9.17) is 51.4 Å². The molecule has 0 bridgehead atoms. The van der Waals surface area contributed by atoms with Crippen LogP contribution in [0.25, 0.3) is 0 Å². The quantitative estimate of drug-likeness (QED) is 0.0172. The number of nitrogens with one attached hydrogen (secondary N) is 6. The van der Waals surface area contributed by atoms with Gasteiger partial charge in [-0.15, -0.1) is 0 Å². The van der Waals surface area contributed by atoms with Crippen LogP contribution in [0.4, 0.5) is 0 Å². The van der Waals surface area contributed by atoms with Crippen molar-refractivity contribution in [3.05, 3.63) is 69.8 Å². The smallest absolute Gasteiger partial charge is 0.273 e. The van der Waals surface area contributed by atoms with Crippen LogP contribution in [0, 0.1) is 11.8 Å². The molecule has 0 saturated carbocycles. The Morgan fingerprint density at radius 2 is 0.711 bits per heavy atom. The maximum Gasteiger partial charge on any atom is 0.273 e. The Hall–Kier alpha value is -6.64. The first-order valence-corrected chi connectivity index (χ1v) is 32.0. The van der Waals surface area contributed by atoms with Crippen LogP contribution in [0.5, 0.6) is 34.5 Å². The largest absolute Gasteiger partial charge is 0.493 e. The summed E-state index contributed by atoms with van der Waals surface area (Å²) in [7, 11) is 7.64. The second-order valence-corrected chi connectivity index (χ2v) is 24.9. The Kier molecular flexibility index (Phi) is 35.3. The fourth-order valence-corrected chi connectivity index (χ4v) is 8.76. The van der Waals surface area contributed by atoms with Gasteiger partial charge >= 0.3 is 0 Å². The lowest BCUT2D eigenvalue weighted by Gasteiger charge is -2.27. The van der Waals surface area contributed by atoms with Gasteiger partial charge in [0.2, 0.25) is 0 Å². The summed E-state index contributed by atoms with van der Waals surface area (Å²) < 4.78 is 37.5. The van der Waals surface area contributed by atoms with Crippen molar-refractivity contribution in [2.24, 2.45) is 34.8 Å². The van der Waals surface area contributed by atoms with Gasteiger partial charge in [-0.1, -0.05) is 27.7 Å². The number of ether oxygens (including phenoxy) is 6. The molecule has 0 aliphatic heterocycles. The molecule has 0 fully saturated rings. The highest BCUT2D eigenvalue weighted by Gasteiger charge is 2.35. The van der Waals surface area contributed by atoms with Crippen LogP contribution in [-0.2, 0) is 0 Å². The summed E-state index contributed by atoms with van der Waals surface area (Å²) >= 11 is 0. The number of nitrogens with two attached hydrogens (primary N) is 4. The molecule has 14 N–H and O–H groups in total. The summed E-state index contributed by atoms with van der Waals surface area (Å²) in [5.74, 6) is -2.55. The maximum absolute atomic E-state index is 14.9. The standard InChI is InChI=1S/C66H110N12O12/c1-45(2)23-37-89-57-44-58(90-38-24-46(3)4)52(64(84)75-76-66(7,8)60(80)48-39-49(61(81)71-29-31-77(9)10)55(88-36-22-18-28-70)42-54(48)86-35-21-17-27-69)41-51(57)63(83)74-73-62(82)50-40-47(59(79)65(5,6)72-30-32-78(11)12)53(85-33-19-13-15-25-67)43-56(50)87-34-20-14-16-26-68/h39-46,72,76H,13-38,67-70H2,1-12H3,(H,71,81)(H,73,82)(H,74,83)(H,75,84). The third-order valence-corrected chi connectivity index (χ3v) is 14.4. The number of amides is 4. The molecule has 90 heavy (non-hydrogen) atoms. The molecule has 0 unspecified atom stereocenters. The molecule has 0 heterocycles. The van der Waals surface area contributed by atoms with E-state index in [1.807, 2.05) is 65.7 Å². The number of nitrogens with zero attached hydrogens (tertiary/aromatic N) is 2. The molecule has 3 rings (SSSR count). The number of likely N-dealkylation sites (N-methyl/N-ethyl adjacent to an activating group) is 2. The molecule has 0 aliphatic carbocycles. The number of hydrogen-bond donors (Lipinski definition) is 10. The Morgan fingerprint density at radius 1 is 0.400 bits per heavy atom. The molecule has 3 aromatic carbocycles. The van der Waals surface area contributed by atoms with E-state index in [9.17, 15) is 28.8 Å². The lowest BCUT2D eigenvalue weighted by atomic mass is 9.91. The molecule has 3 aromatic rings. The van der Waals surface area contributed by atoms with Gasteiger partial charge in [-0.25, -0.2) is 5.43 Å². The molecule has 0 aliphatic rings.